The quantitative estimate of drug-likeness (QED) is 0.289. The lowest BCUT2D eigenvalue weighted by Crippen LogP contribution is -2.30. The van der Waals surface area contributed by atoms with E-state index in [-0.39, 0.29) is 37.0 Å². The van der Waals surface area contributed by atoms with Crippen molar-refractivity contribution in [2.24, 2.45) is 11.8 Å². The first-order valence-electron chi connectivity index (χ1n) is 12.3. The van der Waals surface area contributed by atoms with Gasteiger partial charge in [0.2, 0.25) is 0 Å². The summed E-state index contributed by atoms with van der Waals surface area (Å²) >= 11 is 0. The summed E-state index contributed by atoms with van der Waals surface area (Å²) in [5, 5.41) is 0. The third-order valence-corrected chi connectivity index (χ3v) is 6.15. The number of esters is 4. The second kappa shape index (κ2) is 13.4. The number of rotatable bonds is 9. The fourth-order valence-electron chi connectivity index (χ4n) is 3.99. The smallest absolute Gasteiger partial charge is 0.417 e. The van der Waals surface area contributed by atoms with Crippen molar-refractivity contribution in [1.82, 2.24) is 0 Å². The minimum absolute atomic E-state index is 0.0342. The Morgan fingerprint density at radius 1 is 0.667 bits per heavy atom. The van der Waals surface area contributed by atoms with E-state index in [1.807, 2.05) is 12.1 Å². The molecule has 0 aromatic heterocycles. The SMILES string of the molecule is CCOC(=O)C(=O)OCCc1ccc(OC(=O)C2CCC(C(=O)Oc3ccc(CC)cc3)CC2)cc1. The van der Waals surface area contributed by atoms with Gasteiger partial charge >= 0.3 is 23.9 Å². The van der Waals surface area contributed by atoms with E-state index in [9.17, 15) is 19.2 Å². The fourth-order valence-corrected chi connectivity index (χ4v) is 3.99. The lowest BCUT2D eigenvalue weighted by atomic mass is 9.82. The molecule has 0 N–H and O–H groups in total. The highest BCUT2D eigenvalue weighted by atomic mass is 16.6. The predicted molar refractivity (Wildman–Crippen MR) is 130 cm³/mol. The highest BCUT2D eigenvalue weighted by Gasteiger charge is 2.32. The van der Waals surface area contributed by atoms with Crippen molar-refractivity contribution in [3.05, 3.63) is 59.7 Å². The lowest BCUT2D eigenvalue weighted by Gasteiger charge is -2.25. The van der Waals surface area contributed by atoms with Crippen molar-refractivity contribution in [1.29, 1.82) is 0 Å². The average molecular weight is 497 g/mol. The Balaban J connectivity index is 1.39. The zero-order valence-corrected chi connectivity index (χ0v) is 20.7. The lowest BCUT2D eigenvalue weighted by molar-refractivity contribution is -0.167. The molecule has 36 heavy (non-hydrogen) atoms. The maximum Gasteiger partial charge on any atom is 0.417 e. The standard InChI is InChI=1S/C28H32O8/c1-3-19-5-13-23(14-6-19)35-25(29)21-9-11-22(12-10-21)26(30)36-24-15-7-20(8-16-24)17-18-34-28(32)27(31)33-4-2/h5-8,13-16,21-22H,3-4,9-12,17-18H2,1-2H3. The van der Waals surface area contributed by atoms with E-state index in [1.54, 1.807) is 43.3 Å². The minimum Gasteiger partial charge on any atom is -0.458 e. The van der Waals surface area contributed by atoms with E-state index >= 15 is 0 Å². The van der Waals surface area contributed by atoms with Crippen molar-refractivity contribution < 1.29 is 38.1 Å². The van der Waals surface area contributed by atoms with Crippen LogP contribution in [0, 0.1) is 11.8 Å². The van der Waals surface area contributed by atoms with E-state index in [4.69, 9.17) is 14.2 Å². The van der Waals surface area contributed by atoms with Gasteiger partial charge in [-0.1, -0.05) is 31.2 Å². The molecule has 8 nitrogen and oxygen atoms in total. The Kier molecular flexibility index (Phi) is 10.0. The van der Waals surface area contributed by atoms with Gasteiger partial charge in [-0.25, -0.2) is 9.59 Å². The second-order valence-electron chi connectivity index (χ2n) is 8.64. The largest absolute Gasteiger partial charge is 0.458 e. The summed E-state index contributed by atoms with van der Waals surface area (Å²) in [6.07, 6.45) is 3.62. The monoisotopic (exact) mass is 496 g/mol. The van der Waals surface area contributed by atoms with E-state index in [2.05, 4.69) is 11.7 Å². The highest BCUT2D eigenvalue weighted by Crippen LogP contribution is 2.31. The van der Waals surface area contributed by atoms with Crippen LogP contribution in [0.2, 0.25) is 0 Å². The first-order valence-corrected chi connectivity index (χ1v) is 12.3. The van der Waals surface area contributed by atoms with Gasteiger partial charge in [0.1, 0.15) is 11.5 Å². The van der Waals surface area contributed by atoms with Crippen LogP contribution in [-0.2, 0) is 41.5 Å². The third-order valence-electron chi connectivity index (χ3n) is 6.15. The number of aryl methyl sites for hydroxylation is 1. The number of benzene rings is 2. The van der Waals surface area contributed by atoms with Gasteiger partial charge < -0.3 is 18.9 Å². The molecule has 1 aliphatic rings. The van der Waals surface area contributed by atoms with Gasteiger partial charge in [-0.3, -0.25) is 9.59 Å². The molecule has 0 unspecified atom stereocenters. The van der Waals surface area contributed by atoms with Crippen LogP contribution in [0.25, 0.3) is 0 Å². The molecule has 3 rings (SSSR count). The Morgan fingerprint density at radius 3 is 1.56 bits per heavy atom. The topological polar surface area (TPSA) is 105 Å². The Bertz CT molecular complexity index is 1030. The molecule has 0 spiro atoms. The van der Waals surface area contributed by atoms with Crippen LogP contribution in [0.3, 0.4) is 0 Å². The molecular weight excluding hydrogens is 464 g/mol. The molecule has 1 saturated carbocycles. The molecule has 192 valence electrons. The first-order chi connectivity index (χ1) is 17.4. The van der Waals surface area contributed by atoms with Crippen molar-refractivity contribution in [2.45, 2.75) is 52.4 Å². The van der Waals surface area contributed by atoms with E-state index in [1.165, 1.54) is 5.56 Å². The number of hydrogen-bond donors (Lipinski definition) is 0. The van der Waals surface area contributed by atoms with Gasteiger partial charge in [-0.05, 0) is 74.4 Å². The Labute approximate surface area is 210 Å². The fraction of sp³-hybridized carbons (Fsp3) is 0.429. The van der Waals surface area contributed by atoms with Crippen molar-refractivity contribution in [3.63, 3.8) is 0 Å². The van der Waals surface area contributed by atoms with Crippen molar-refractivity contribution >= 4 is 23.9 Å². The first kappa shape index (κ1) is 26.9. The second-order valence-corrected chi connectivity index (χ2v) is 8.64. The summed E-state index contributed by atoms with van der Waals surface area (Å²) in [4.78, 5) is 47.8. The Morgan fingerprint density at radius 2 is 1.11 bits per heavy atom. The van der Waals surface area contributed by atoms with Crippen molar-refractivity contribution in [3.8, 4) is 11.5 Å². The maximum absolute atomic E-state index is 12.6. The summed E-state index contributed by atoms with van der Waals surface area (Å²) in [7, 11) is 0. The normalized spacial score (nSPS) is 17.1. The molecule has 2 aromatic carbocycles. The van der Waals surface area contributed by atoms with E-state index in [0.29, 0.717) is 43.6 Å². The molecule has 8 heteroatoms. The molecule has 0 radical (unpaired) electrons. The Hall–Kier alpha value is -3.68. The van der Waals surface area contributed by atoms with E-state index in [0.717, 1.165) is 12.0 Å². The van der Waals surface area contributed by atoms with Crippen molar-refractivity contribution in [2.75, 3.05) is 13.2 Å². The maximum atomic E-state index is 12.6. The van der Waals surface area contributed by atoms with Crippen LogP contribution in [0.5, 0.6) is 11.5 Å². The molecule has 0 atom stereocenters. The van der Waals surface area contributed by atoms with Crippen LogP contribution in [0.4, 0.5) is 0 Å². The van der Waals surface area contributed by atoms with Gasteiger partial charge in [-0.15, -0.1) is 0 Å². The third kappa shape index (κ3) is 7.93. The predicted octanol–water partition coefficient (Wildman–Crippen LogP) is 4.22. The molecule has 0 bridgehead atoms. The van der Waals surface area contributed by atoms with Crippen LogP contribution in [0.15, 0.2) is 48.5 Å². The van der Waals surface area contributed by atoms with Crippen LogP contribution < -0.4 is 9.47 Å². The summed E-state index contributed by atoms with van der Waals surface area (Å²) in [5.41, 5.74) is 2.04. The molecule has 0 amide bonds. The number of carbonyl (C=O) groups is 4. The average Bonchev–Trinajstić information content (AvgIpc) is 2.90. The summed E-state index contributed by atoms with van der Waals surface area (Å²) in [6.45, 7) is 3.81. The summed E-state index contributed by atoms with van der Waals surface area (Å²) in [5.74, 6) is -2.12. The summed E-state index contributed by atoms with van der Waals surface area (Å²) < 4.78 is 20.5. The van der Waals surface area contributed by atoms with Crippen LogP contribution >= 0.6 is 0 Å². The number of ether oxygens (including phenoxy) is 4. The zero-order chi connectivity index (χ0) is 25.9. The van der Waals surface area contributed by atoms with Gasteiger partial charge in [-0.2, -0.15) is 0 Å². The molecular formula is C28H32O8. The molecule has 0 saturated heterocycles. The highest BCUT2D eigenvalue weighted by molar-refractivity contribution is 6.29. The number of hydrogen-bond acceptors (Lipinski definition) is 8. The van der Waals surface area contributed by atoms with Gasteiger partial charge in [0.25, 0.3) is 0 Å². The van der Waals surface area contributed by atoms with E-state index < -0.39 is 11.9 Å². The van der Waals surface area contributed by atoms with Crippen LogP contribution in [0.1, 0.15) is 50.7 Å². The summed E-state index contributed by atoms with van der Waals surface area (Å²) in [6, 6.07) is 14.4. The van der Waals surface area contributed by atoms with Gasteiger partial charge in [0.15, 0.2) is 0 Å². The van der Waals surface area contributed by atoms with Crippen LogP contribution in [-0.4, -0.2) is 37.1 Å². The van der Waals surface area contributed by atoms with Gasteiger partial charge in [0.05, 0.1) is 25.0 Å². The molecule has 0 heterocycles. The number of carbonyl (C=O) groups excluding carboxylic acids is 4. The molecule has 1 aliphatic carbocycles. The minimum atomic E-state index is -1.02. The zero-order valence-electron chi connectivity index (χ0n) is 20.7. The van der Waals surface area contributed by atoms with Gasteiger partial charge in [0, 0.05) is 6.42 Å². The molecule has 2 aromatic rings. The molecule has 1 fully saturated rings. The molecule has 0 aliphatic heterocycles.